The van der Waals surface area contributed by atoms with Gasteiger partial charge >= 0.3 is 6.03 Å². The summed E-state index contributed by atoms with van der Waals surface area (Å²) in [5, 5.41) is 5.65. The van der Waals surface area contributed by atoms with Gasteiger partial charge < -0.3 is 20.1 Å². The summed E-state index contributed by atoms with van der Waals surface area (Å²) in [6.07, 6.45) is 1.04. The van der Waals surface area contributed by atoms with Crippen molar-refractivity contribution in [1.82, 2.24) is 5.32 Å². The first-order valence-electron chi connectivity index (χ1n) is 9.51. The van der Waals surface area contributed by atoms with E-state index < -0.39 is 6.03 Å². The van der Waals surface area contributed by atoms with Gasteiger partial charge in [-0.2, -0.15) is 0 Å². The van der Waals surface area contributed by atoms with Crippen molar-refractivity contribution in [2.24, 2.45) is 0 Å². The van der Waals surface area contributed by atoms with E-state index in [1.807, 2.05) is 18.2 Å². The minimum atomic E-state index is -0.408. The van der Waals surface area contributed by atoms with Crippen LogP contribution in [0.4, 0.5) is 19.3 Å². The van der Waals surface area contributed by atoms with Crippen LogP contribution in [0.25, 0.3) is 0 Å². The van der Waals surface area contributed by atoms with Gasteiger partial charge in [0, 0.05) is 11.7 Å². The van der Waals surface area contributed by atoms with E-state index in [-0.39, 0.29) is 24.5 Å². The molecule has 5 nitrogen and oxygen atoms in total. The number of hydrogen-bond acceptors (Lipinski definition) is 3. The molecule has 0 radical (unpaired) electrons. The number of anilines is 1. The topological polar surface area (TPSA) is 59.6 Å². The maximum atomic E-state index is 13.2. The standard InChI is InChI=1S/C23H20F2N2O3/c24-17-4-1-15(2-5-17)11-20(12-16-3-10-21-22(13-16)30-14-29-21)27-23(28)26-19-8-6-18(25)7-9-19/h1-10,13,20H,11-12,14H2,(H2,26,27,28). The van der Waals surface area contributed by atoms with Gasteiger partial charge in [-0.3, -0.25) is 0 Å². The highest BCUT2D eigenvalue weighted by Gasteiger charge is 2.18. The normalized spacial score (nSPS) is 13.0. The zero-order valence-electron chi connectivity index (χ0n) is 16.0. The molecule has 0 saturated heterocycles. The summed E-state index contributed by atoms with van der Waals surface area (Å²) < 4.78 is 37.1. The number of hydrogen-bond donors (Lipinski definition) is 2. The van der Waals surface area contributed by atoms with E-state index in [4.69, 9.17) is 9.47 Å². The summed E-state index contributed by atoms with van der Waals surface area (Å²) in [5.74, 6) is 0.672. The van der Waals surface area contributed by atoms with Crippen molar-refractivity contribution in [2.75, 3.05) is 12.1 Å². The average Bonchev–Trinajstić information content (AvgIpc) is 3.19. The monoisotopic (exact) mass is 410 g/mol. The number of carbonyl (C=O) groups is 1. The van der Waals surface area contributed by atoms with Crippen molar-refractivity contribution >= 4 is 11.7 Å². The molecule has 1 unspecified atom stereocenters. The predicted molar refractivity (Wildman–Crippen MR) is 109 cm³/mol. The van der Waals surface area contributed by atoms with Crippen molar-refractivity contribution < 1.29 is 23.0 Å². The van der Waals surface area contributed by atoms with E-state index in [2.05, 4.69) is 10.6 Å². The van der Waals surface area contributed by atoms with Crippen LogP contribution in [0.5, 0.6) is 11.5 Å². The van der Waals surface area contributed by atoms with Crippen LogP contribution in [0.2, 0.25) is 0 Å². The van der Waals surface area contributed by atoms with Crippen molar-refractivity contribution in [1.29, 1.82) is 0 Å². The molecule has 0 fully saturated rings. The molecular weight excluding hydrogens is 390 g/mol. The highest BCUT2D eigenvalue weighted by molar-refractivity contribution is 5.89. The van der Waals surface area contributed by atoms with E-state index in [1.54, 1.807) is 12.1 Å². The summed E-state index contributed by atoms with van der Waals surface area (Å²) in [6.45, 7) is 0.191. The number of benzene rings is 3. The third kappa shape index (κ3) is 5.05. The van der Waals surface area contributed by atoms with E-state index in [1.165, 1.54) is 36.4 Å². The second-order valence-corrected chi connectivity index (χ2v) is 7.02. The molecule has 1 heterocycles. The quantitative estimate of drug-likeness (QED) is 0.621. The molecule has 4 rings (SSSR count). The molecule has 2 N–H and O–H groups in total. The Hall–Kier alpha value is -3.61. The minimum absolute atomic E-state index is 0.191. The number of carbonyl (C=O) groups excluding carboxylic acids is 1. The Balaban J connectivity index is 1.47. The predicted octanol–water partition coefficient (Wildman–Crippen LogP) is 4.67. The van der Waals surface area contributed by atoms with Crippen LogP contribution in [0.1, 0.15) is 11.1 Å². The van der Waals surface area contributed by atoms with Gasteiger partial charge in [-0.15, -0.1) is 0 Å². The lowest BCUT2D eigenvalue weighted by Crippen LogP contribution is -2.40. The van der Waals surface area contributed by atoms with Crippen molar-refractivity contribution in [2.45, 2.75) is 18.9 Å². The molecule has 3 aromatic carbocycles. The SMILES string of the molecule is O=C(Nc1ccc(F)cc1)NC(Cc1ccc(F)cc1)Cc1ccc2c(c1)OCO2. The third-order valence-corrected chi connectivity index (χ3v) is 4.75. The molecule has 0 saturated carbocycles. The fraction of sp³-hybridized carbons (Fsp3) is 0.174. The van der Waals surface area contributed by atoms with Crippen LogP contribution in [-0.4, -0.2) is 18.9 Å². The van der Waals surface area contributed by atoms with Gasteiger partial charge in [0.15, 0.2) is 11.5 Å². The summed E-state index contributed by atoms with van der Waals surface area (Å²) in [5.41, 5.74) is 2.34. The summed E-state index contributed by atoms with van der Waals surface area (Å²) in [7, 11) is 0. The molecule has 1 aliphatic heterocycles. The highest BCUT2D eigenvalue weighted by Crippen LogP contribution is 2.33. The van der Waals surface area contributed by atoms with Crippen LogP contribution in [0, 0.1) is 11.6 Å². The molecule has 0 bridgehead atoms. The van der Waals surface area contributed by atoms with Gasteiger partial charge in [0.2, 0.25) is 6.79 Å². The Morgan fingerprint density at radius 1 is 0.833 bits per heavy atom. The molecule has 0 aliphatic carbocycles. The Morgan fingerprint density at radius 3 is 2.17 bits per heavy atom. The molecule has 1 atom stereocenters. The zero-order chi connectivity index (χ0) is 20.9. The molecule has 0 aromatic heterocycles. The fourth-order valence-electron chi connectivity index (χ4n) is 3.32. The first-order chi connectivity index (χ1) is 14.5. The minimum Gasteiger partial charge on any atom is -0.454 e. The second kappa shape index (κ2) is 8.82. The number of ether oxygens (including phenoxy) is 2. The lowest BCUT2D eigenvalue weighted by Gasteiger charge is -2.20. The zero-order valence-corrected chi connectivity index (χ0v) is 16.0. The summed E-state index contributed by atoms with van der Waals surface area (Å²) >= 11 is 0. The third-order valence-electron chi connectivity index (χ3n) is 4.75. The number of nitrogens with one attached hydrogen (secondary N) is 2. The first-order valence-corrected chi connectivity index (χ1v) is 9.51. The van der Waals surface area contributed by atoms with Crippen molar-refractivity contribution in [3.05, 3.63) is 89.5 Å². The fourth-order valence-corrected chi connectivity index (χ4v) is 3.32. The van der Waals surface area contributed by atoms with Crippen LogP contribution in [-0.2, 0) is 12.8 Å². The Kier molecular flexibility index (Phi) is 5.79. The maximum Gasteiger partial charge on any atom is 0.319 e. The first kappa shape index (κ1) is 19.7. The molecule has 3 aromatic rings. The molecule has 1 aliphatic rings. The van der Waals surface area contributed by atoms with Gasteiger partial charge in [-0.05, 0) is 72.5 Å². The van der Waals surface area contributed by atoms with Crippen LogP contribution >= 0.6 is 0 Å². The van der Waals surface area contributed by atoms with Crippen molar-refractivity contribution in [3.63, 3.8) is 0 Å². The number of halogens is 2. The lowest BCUT2D eigenvalue weighted by atomic mass is 9.98. The number of urea groups is 1. The lowest BCUT2D eigenvalue weighted by molar-refractivity contribution is 0.174. The van der Waals surface area contributed by atoms with Crippen LogP contribution < -0.4 is 20.1 Å². The Morgan fingerprint density at radius 2 is 1.43 bits per heavy atom. The molecule has 0 spiro atoms. The van der Waals surface area contributed by atoms with Gasteiger partial charge in [0.05, 0.1) is 0 Å². The van der Waals surface area contributed by atoms with Gasteiger partial charge in [-0.1, -0.05) is 18.2 Å². The molecule has 2 amide bonds. The average molecular weight is 410 g/mol. The van der Waals surface area contributed by atoms with E-state index in [0.29, 0.717) is 30.0 Å². The van der Waals surface area contributed by atoms with E-state index in [9.17, 15) is 13.6 Å². The smallest absolute Gasteiger partial charge is 0.319 e. The van der Waals surface area contributed by atoms with Crippen LogP contribution in [0.3, 0.4) is 0 Å². The molecule has 7 heteroatoms. The second-order valence-electron chi connectivity index (χ2n) is 7.02. The van der Waals surface area contributed by atoms with Gasteiger partial charge in [0.25, 0.3) is 0 Å². The van der Waals surface area contributed by atoms with Gasteiger partial charge in [-0.25, -0.2) is 13.6 Å². The summed E-state index contributed by atoms with van der Waals surface area (Å²) in [4.78, 5) is 12.5. The Labute approximate surface area is 172 Å². The maximum absolute atomic E-state index is 13.2. The number of fused-ring (bicyclic) bond motifs is 1. The van der Waals surface area contributed by atoms with Crippen LogP contribution in [0.15, 0.2) is 66.7 Å². The van der Waals surface area contributed by atoms with Gasteiger partial charge in [0.1, 0.15) is 11.6 Å². The van der Waals surface area contributed by atoms with E-state index >= 15 is 0 Å². The largest absolute Gasteiger partial charge is 0.454 e. The van der Waals surface area contributed by atoms with Crippen molar-refractivity contribution in [3.8, 4) is 11.5 Å². The highest BCUT2D eigenvalue weighted by atomic mass is 19.1. The summed E-state index contributed by atoms with van der Waals surface area (Å²) in [6, 6.07) is 16.7. The molecule has 154 valence electrons. The molecule has 30 heavy (non-hydrogen) atoms. The number of rotatable bonds is 6. The van der Waals surface area contributed by atoms with E-state index in [0.717, 1.165) is 11.1 Å². The Bertz CT molecular complexity index is 1020. The molecular formula is C23H20F2N2O3. The number of amides is 2.